The van der Waals surface area contributed by atoms with Crippen LogP contribution in [0.5, 0.6) is 5.75 Å². The van der Waals surface area contributed by atoms with Gasteiger partial charge >= 0.3 is 5.97 Å². The average molecular weight is 413 g/mol. The van der Waals surface area contributed by atoms with Crippen LogP contribution in [0.3, 0.4) is 0 Å². The third-order valence-corrected chi connectivity index (χ3v) is 3.86. The highest BCUT2D eigenvalue weighted by Crippen LogP contribution is 2.27. The molecule has 0 unspecified atom stereocenters. The molecule has 0 saturated heterocycles. The molecule has 2 aromatic rings. The predicted octanol–water partition coefficient (Wildman–Crippen LogP) is 3.77. The molecule has 0 aliphatic carbocycles. The third kappa shape index (κ3) is 6.12. The highest BCUT2D eigenvalue weighted by molar-refractivity contribution is 6.34. The SMILES string of the molecule is Cc1ccc(Cl)c(OCC(=O)OCC(=O)Nc2ccc([N+](=O)[O-])cc2Cl)c1. The van der Waals surface area contributed by atoms with Crippen molar-refractivity contribution in [3.63, 3.8) is 0 Å². The van der Waals surface area contributed by atoms with Gasteiger partial charge in [-0.1, -0.05) is 29.3 Å². The number of amides is 1. The number of rotatable bonds is 7. The molecule has 0 heterocycles. The number of carbonyl (C=O) groups excluding carboxylic acids is 2. The molecule has 27 heavy (non-hydrogen) atoms. The van der Waals surface area contributed by atoms with Crippen LogP contribution in [-0.4, -0.2) is 30.0 Å². The maximum Gasteiger partial charge on any atom is 0.344 e. The van der Waals surface area contributed by atoms with Crippen LogP contribution >= 0.6 is 23.2 Å². The summed E-state index contributed by atoms with van der Waals surface area (Å²) in [4.78, 5) is 33.5. The van der Waals surface area contributed by atoms with E-state index in [4.69, 9.17) is 32.7 Å². The molecule has 0 saturated carbocycles. The zero-order valence-corrected chi connectivity index (χ0v) is 15.5. The quantitative estimate of drug-likeness (QED) is 0.421. The van der Waals surface area contributed by atoms with Crippen LogP contribution in [0.2, 0.25) is 10.0 Å². The fourth-order valence-electron chi connectivity index (χ4n) is 1.95. The van der Waals surface area contributed by atoms with Crippen molar-refractivity contribution in [3.05, 3.63) is 62.1 Å². The Kier molecular flexibility index (Phi) is 6.98. The Morgan fingerprint density at radius 3 is 2.52 bits per heavy atom. The number of carbonyl (C=O) groups is 2. The van der Waals surface area contributed by atoms with Gasteiger partial charge in [-0.3, -0.25) is 14.9 Å². The molecule has 0 aliphatic heterocycles. The molecular formula is C17H14Cl2N2O6. The highest BCUT2D eigenvalue weighted by atomic mass is 35.5. The van der Waals surface area contributed by atoms with Crippen LogP contribution < -0.4 is 10.1 Å². The third-order valence-electron chi connectivity index (χ3n) is 3.23. The summed E-state index contributed by atoms with van der Waals surface area (Å²) >= 11 is 11.8. The molecule has 0 radical (unpaired) electrons. The summed E-state index contributed by atoms with van der Waals surface area (Å²) < 4.78 is 10.1. The molecule has 0 spiro atoms. The van der Waals surface area contributed by atoms with Gasteiger partial charge in [-0.25, -0.2) is 4.79 Å². The number of nitrogens with one attached hydrogen (secondary N) is 1. The fourth-order valence-corrected chi connectivity index (χ4v) is 2.34. The van der Waals surface area contributed by atoms with Crippen molar-refractivity contribution < 1.29 is 24.0 Å². The predicted molar refractivity (Wildman–Crippen MR) is 99.4 cm³/mol. The molecule has 0 bridgehead atoms. The van der Waals surface area contributed by atoms with Gasteiger partial charge in [0, 0.05) is 12.1 Å². The number of nitro groups is 1. The van der Waals surface area contributed by atoms with Gasteiger partial charge in [-0.05, 0) is 30.7 Å². The summed E-state index contributed by atoms with van der Waals surface area (Å²) in [5.41, 5.74) is 0.851. The van der Waals surface area contributed by atoms with Gasteiger partial charge < -0.3 is 14.8 Å². The summed E-state index contributed by atoms with van der Waals surface area (Å²) in [6.45, 7) is 0.848. The number of esters is 1. The van der Waals surface area contributed by atoms with E-state index >= 15 is 0 Å². The first-order valence-electron chi connectivity index (χ1n) is 7.54. The summed E-state index contributed by atoms with van der Waals surface area (Å²) in [5, 5.41) is 13.4. The Morgan fingerprint density at radius 1 is 1.11 bits per heavy atom. The van der Waals surface area contributed by atoms with Gasteiger partial charge in [-0.15, -0.1) is 0 Å². The Bertz CT molecular complexity index is 888. The lowest BCUT2D eigenvalue weighted by Crippen LogP contribution is -2.23. The number of halogens is 2. The van der Waals surface area contributed by atoms with Crippen LogP contribution in [0.25, 0.3) is 0 Å². The molecule has 10 heteroatoms. The van der Waals surface area contributed by atoms with E-state index < -0.39 is 30.0 Å². The van der Waals surface area contributed by atoms with E-state index in [0.717, 1.165) is 11.6 Å². The molecule has 0 atom stereocenters. The van der Waals surface area contributed by atoms with Crippen LogP contribution in [0.1, 0.15) is 5.56 Å². The number of hydrogen-bond acceptors (Lipinski definition) is 6. The van der Waals surface area contributed by atoms with E-state index in [9.17, 15) is 19.7 Å². The lowest BCUT2D eigenvalue weighted by Gasteiger charge is -2.10. The summed E-state index contributed by atoms with van der Waals surface area (Å²) in [6.07, 6.45) is 0. The molecule has 1 amide bonds. The van der Waals surface area contributed by atoms with Gasteiger partial charge in [0.2, 0.25) is 0 Å². The number of nitro benzene ring substituents is 1. The smallest absolute Gasteiger partial charge is 0.344 e. The fraction of sp³-hybridized carbons (Fsp3) is 0.176. The number of benzene rings is 2. The first-order chi connectivity index (χ1) is 12.8. The normalized spacial score (nSPS) is 10.2. The lowest BCUT2D eigenvalue weighted by atomic mass is 10.2. The monoisotopic (exact) mass is 412 g/mol. The zero-order chi connectivity index (χ0) is 20.0. The van der Waals surface area contributed by atoms with Crippen molar-refractivity contribution >= 4 is 46.5 Å². The highest BCUT2D eigenvalue weighted by Gasteiger charge is 2.14. The summed E-state index contributed by atoms with van der Waals surface area (Å²) in [7, 11) is 0. The number of anilines is 1. The minimum Gasteiger partial charge on any atom is -0.480 e. The summed E-state index contributed by atoms with van der Waals surface area (Å²) in [6, 6.07) is 8.66. The van der Waals surface area contributed by atoms with Crippen molar-refractivity contribution in [1.29, 1.82) is 0 Å². The van der Waals surface area contributed by atoms with Gasteiger partial charge in [-0.2, -0.15) is 0 Å². The molecule has 2 aromatic carbocycles. The average Bonchev–Trinajstić information content (AvgIpc) is 2.62. The van der Waals surface area contributed by atoms with Crippen molar-refractivity contribution in [1.82, 2.24) is 0 Å². The van der Waals surface area contributed by atoms with E-state index in [-0.39, 0.29) is 16.4 Å². The van der Waals surface area contributed by atoms with Gasteiger partial charge in [0.1, 0.15) is 5.75 Å². The van der Waals surface area contributed by atoms with E-state index in [2.05, 4.69) is 5.32 Å². The van der Waals surface area contributed by atoms with Crippen LogP contribution in [0.4, 0.5) is 11.4 Å². The Balaban J connectivity index is 1.82. The van der Waals surface area contributed by atoms with E-state index in [0.29, 0.717) is 10.8 Å². The number of nitrogens with zero attached hydrogens (tertiary/aromatic N) is 1. The molecular weight excluding hydrogens is 399 g/mol. The van der Waals surface area contributed by atoms with Crippen molar-refractivity contribution in [2.24, 2.45) is 0 Å². The topological polar surface area (TPSA) is 108 Å². The van der Waals surface area contributed by atoms with Gasteiger partial charge in [0.05, 0.1) is 20.7 Å². The second kappa shape index (κ2) is 9.20. The van der Waals surface area contributed by atoms with Crippen LogP contribution in [-0.2, 0) is 14.3 Å². The minimum absolute atomic E-state index is 0.0127. The first kappa shape index (κ1) is 20.5. The second-order valence-corrected chi connectivity index (χ2v) is 6.17. The molecule has 0 aromatic heterocycles. The number of hydrogen-bond donors (Lipinski definition) is 1. The molecule has 2 rings (SSSR count). The van der Waals surface area contributed by atoms with Crippen molar-refractivity contribution in [2.75, 3.05) is 18.5 Å². The van der Waals surface area contributed by atoms with Crippen LogP contribution in [0, 0.1) is 17.0 Å². The maximum absolute atomic E-state index is 11.8. The molecule has 1 N–H and O–H groups in total. The summed E-state index contributed by atoms with van der Waals surface area (Å²) in [5.74, 6) is -1.10. The maximum atomic E-state index is 11.8. The standard InChI is InChI=1S/C17H14Cl2N2O6/c1-10-2-4-12(18)15(6-10)26-9-17(23)27-8-16(22)20-14-5-3-11(21(24)25)7-13(14)19/h2-7H,8-9H2,1H3,(H,20,22). The van der Waals surface area contributed by atoms with Gasteiger partial charge in [0.15, 0.2) is 13.2 Å². The largest absolute Gasteiger partial charge is 0.480 e. The van der Waals surface area contributed by atoms with Crippen LogP contribution in [0.15, 0.2) is 36.4 Å². The molecule has 142 valence electrons. The molecule has 0 fully saturated rings. The number of aryl methyl sites for hydroxylation is 1. The van der Waals surface area contributed by atoms with E-state index in [1.807, 2.05) is 6.92 Å². The van der Waals surface area contributed by atoms with Gasteiger partial charge in [0.25, 0.3) is 11.6 Å². The van der Waals surface area contributed by atoms with E-state index in [1.54, 1.807) is 18.2 Å². The molecule has 8 nitrogen and oxygen atoms in total. The minimum atomic E-state index is -0.766. The zero-order valence-electron chi connectivity index (χ0n) is 14.0. The second-order valence-electron chi connectivity index (χ2n) is 5.35. The number of ether oxygens (including phenoxy) is 2. The first-order valence-corrected chi connectivity index (χ1v) is 8.30. The Labute approximate surface area is 164 Å². The van der Waals surface area contributed by atoms with Crippen molar-refractivity contribution in [2.45, 2.75) is 6.92 Å². The lowest BCUT2D eigenvalue weighted by molar-refractivity contribution is -0.384. The van der Waals surface area contributed by atoms with Crippen molar-refractivity contribution in [3.8, 4) is 5.75 Å². The van der Waals surface area contributed by atoms with E-state index in [1.165, 1.54) is 12.1 Å². The Morgan fingerprint density at radius 2 is 1.85 bits per heavy atom. The Hall–Kier alpha value is -2.84. The number of non-ortho nitro benzene ring substituents is 1. The molecule has 0 aliphatic rings.